The van der Waals surface area contributed by atoms with E-state index >= 15 is 0 Å². The van der Waals surface area contributed by atoms with Gasteiger partial charge in [-0.05, 0) is 37.4 Å². The van der Waals surface area contributed by atoms with Crippen molar-refractivity contribution >= 4 is 0 Å². The Morgan fingerprint density at radius 1 is 1.31 bits per heavy atom. The summed E-state index contributed by atoms with van der Waals surface area (Å²) in [4.78, 5) is 4.15. The molecule has 1 heterocycles. The van der Waals surface area contributed by atoms with Gasteiger partial charge in [0.2, 0.25) is 0 Å². The maximum Gasteiger partial charge on any atom is 0.0299 e. The Balaban J connectivity index is 2.31. The van der Waals surface area contributed by atoms with Gasteiger partial charge in [0.25, 0.3) is 0 Å². The average Bonchev–Trinajstić information content (AvgIpc) is 2.34. The van der Waals surface area contributed by atoms with Crippen LogP contribution in [0.15, 0.2) is 24.5 Å². The van der Waals surface area contributed by atoms with Crippen molar-refractivity contribution < 1.29 is 0 Å². The fourth-order valence-electron chi connectivity index (χ4n) is 1.97. The summed E-state index contributed by atoms with van der Waals surface area (Å²) in [6, 6.07) is 4.85. The van der Waals surface area contributed by atoms with Crippen LogP contribution in [0.2, 0.25) is 0 Å². The molecule has 0 amide bonds. The van der Waals surface area contributed by atoms with Gasteiger partial charge in [-0.15, -0.1) is 0 Å². The van der Waals surface area contributed by atoms with Gasteiger partial charge in [0.1, 0.15) is 0 Å². The number of pyridine rings is 1. The average molecular weight is 220 g/mol. The van der Waals surface area contributed by atoms with E-state index in [1.807, 2.05) is 18.5 Å². The molecule has 1 rings (SSSR count). The van der Waals surface area contributed by atoms with E-state index in [2.05, 4.69) is 30.2 Å². The molecule has 2 heteroatoms. The van der Waals surface area contributed by atoms with Crippen LogP contribution in [0.1, 0.15) is 45.1 Å². The third kappa shape index (κ3) is 5.26. The van der Waals surface area contributed by atoms with Crippen LogP contribution < -0.4 is 5.32 Å². The Bertz CT molecular complexity index is 259. The lowest BCUT2D eigenvalue weighted by molar-refractivity contribution is 0.449. The first-order chi connectivity index (χ1) is 7.86. The summed E-state index contributed by atoms with van der Waals surface area (Å²) in [6.45, 7) is 5.51. The topological polar surface area (TPSA) is 24.9 Å². The third-order valence-electron chi connectivity index (χ3n) is 2.90. The van der Waals surface area contributed by atoms with Crippen molar-refractivity contribution in [3.05, 3.63) is 30.1 Å². The van der Waals surface area contributed by atoms with Crippen molar-refractivity contribution in [3.63, 3.8) is 0 Å². The molecule has 1 N–H and O–H groups in total. The van der Waals surface area contributed by atoms with Crippen LogP contribution in [0.25, 0.3) is 0 Å². The highest BCUT2D eigenvalue weighted by Gasteiger charge is 2.06. The molecule has 0 aromatic carbocycles. The van der Waals surface area contributed by atoms with Gasteiger partial charge in [-0.2, -0.15) is 0 Å². The summed E-state index contributed by atoms with van der Waals surface area (Å²) < 4.78 is 0. The largest absolute Gasteiger partial charge is 0.314 e. The number of unbranched alkanes of at least 4 members (excludes halogenated alkanes) is 1. The number of aryl methyl sites for hydroxylation is 1. The fourth-order valence-corrected chi connectivity index (χ4v) is 1.97. The Kier molecular flexibility index (Phi) is 6.82. The molecule has 0 spiro atoms. The van der Waals surface area contributed by atoms with E-state index < -0.39 is 0 Å². The Morgan fingerprint density at radius 2 is 2.19 bits per heavy atom. The minimum atomic E-state index is 0.671. The van der Waals surface area contributed by atoms with Gasteiger partial charge in [-0.1, -0.05) is 32.8 Å². The predicted molar refractivity (Wildman–Crippen MR) is 69.5 cm³/mol. The molecular weight excluding hydrogens is 196 g/mol. The fraction of sp³-hybridized carbons (Fsp3) is 0.643. The zero-order valence-corrected chi connectivity index (χ0v) is 10.6. The van der Waals surface area contributed by atoms with Crippen LogP contribution in [-0.4, -0.2) is 17.6 Å². The lowest BCUT2D eigenvalue weighted by Crippen LogP contribution is -2.29. The van der Waals surface area contributed by atoms with Crippen LogP contribution in [0.4, 0.5) is 0 Å². The Morgan fingerprint density at radius 3 is 2.81 bits per heavy atom. The van der Waals surface area contributed by atoms with Crippen LogP contribution in [0.5, 0.6) is 0 Å². The summed E-state index contributed by atoms with van der Waals surface area (Å²) in [5.41, 5.74) is 1.35. The zero-order chi connectivity index (χ0) is 11.6. The van der Waals surface area contributed by atoms with E-state index in [4.69, 9.17) is 0 Å². The quantitative estimate of drug-likeness (QED) is 0.728. The first-order valence-corrected chi connectivity index (χ1v) is 6.49. The van der Waals surface area contributed by atoms with E-state index in [0.717, 1.165) is 13.0 Å². The maximum atomic E-state index is 4.15. The summed E-state index contributed by atoms with van der Waals surface area (Å²) in [5, 5.41) is 3.57. The molecule has 0 aliphatic rings. The van der Waals surface area contributed by atoms with Crippen molar-refractivity contribution in [1.29, 1.82) is 0 Å². The minimum Gasteiger partial charge on any atom is -0.314 e. The van der Waals surface area contributed by atoms with E-state index in [9.17, 15) is 0 Å². The second kappa shape index (κ2) is 8.28. The van der Waals surface area contributed by atoms with Gasteiger partial charge >= 0.3 is 0 Å². The Labute approximate surface area is 99.5 Å². The second-order valence-corrected chi connectivity index (χ2v) is 4.30. The van der Waals surface area contributed by atoms with Crippen LogP contribution in [0.3, 0.4) is 0 Å². The first-order valence-electron chi connectivity index (χ1n) is 6.49. The molecule has 0 aliphatic carbocycles. The molecule has 1 unspecified atom stereocenters. The van der Waals surface area contributed by atoms with Gasteiger partial charge in [0, 0.05) is 18.4 Å². The van der Waals surface area contributed by atoms with E-state index in [-0.39, 0.29) is 0 Å². The molecule has 0 aliphatic heterocycles. The molecule has 1 aromatic heterocycles. The highest BCUT2D eigenvalue weighted by atomic mass is 14.9. The van der Waals surface area contributed by atoms with Crippen molar-refractivity contribution in [2.45, 2.75) is 52.0 Å². The standard InChI is InChI=1S/C14H24N2/c1-3-5-8-14(16-4-2)10-9-13-7-6-11-15-12-13/h6-7,11-12,14,16H,3-5,8-10H2,1-2H3. The van der Waals surface area contributed by atoms with Crippen LogP contribution >= 0.6 is 0 Å². The number of nitrogens with one attached hydrogen (secondary N) is 1. The number of hydrogen-bond donors (Lipinski definition) is 1. The highest BCUT2D eigenvalue weighted by molar-refractivity contribution is 5.08. The maximum absolute atomic E-state index is 4.15. The van der Waals surface area contributed by atoms with Crippen LogP contribution in [0, 0.1) is 0 Å². The molecule has 0 fully saturated rings. The molecule has 0 bridgehead atoms. The molecule has 16 heavy (non-hydrogen) atoms. The number of hydrogen-bond acceptors (Lipinski definition) is 2. The molecule has 0 radical (unpaired) electrons. The summed E-state index contributed by atoms with van der Waals surface area (Å²) in [5.74, 6) is 0. The van der Waals surface area contributed by atoms with E-state index in [0.29, 0.717) is 6.04 Å². The molecule has 1 atom stereocenters. The number of nitrogens with zero attached hydrogens (tertiary/aromatic N) is 1. The molecular formula is C14H24N2. The van der Waals surface area contributed by atoms with Crippen LogP contribution in [-0.2, 0) is 6.42 Å². The summed E-state index contributed by atoms with van der Waals surface area (Å²) in [7, 11) is 0. The Hall–Kier alpha value is -0.890. The zero-order valence-electron chi connectivity index (χ0n) is 10.6. The lowest BCUT2D eigenvalue weighted by Gasteiger charge is -2.17. The lowest BCUT2D eigenvalue weighted by atomic mass is 10.0. The number of aromatic nitrogens is 1. The normalized spacial score (nSPS) is 12.6. The molecule has 90 valence electrons. The van der Waals surface area contributed by atoms with Crippen molar-refractivity contribution in [2.24, 2.45) is 0 Å². The highest BCUT2D eigenvalue weighted by Crippen LogP contribution is 2.09. The smallest absolute Gasteiger partial charge is 0.0299 e. The molecule has 0 saturated heterocycles. The first kappa shape index (κ1) is 13.2. The monoisotopic (exact) mass is 220 g/mol. The van der Waals surface area contributed by atoms with E-state index in [1.165, 1.54) is 31.2 Å². The van der Waals surface area contributed by atoms with E-state index in [1.54, 1.807) is 0 Å². The van der Waals surface area contributed by atoms with Gasteiger partial charge in [-0.25, -0.2) is 0 Å². The summed E-state index contributed by atoms with van der Waals surface area (Å²) >= 11 is 0. The van der Waals surface area contributed by atoms with Gasteiger partial charge in [-0.3, -0.25) is 4.98 Å². The number of rotatable bonds is 8. The molecule has 1 aromatic rings. The van der Waals surface area contributed by atoms with Crippen molar-refractivity contribution in [2.75, 3.05) is 6.54 Å². The van der Waals surface area contributed by atoms with Gasteiger partial charge in [0.05, 0.1) is 0 Å². The van der Waals surface area contributed by atoms with Gasteiger partial charge < -0.3 is 5.32 Å². The SMILES string of the molecule is CCCCC(CCc1cccnc1)NCC. The molecule has 2 nitrogen and oxygen atoms in total. The third-order valence-corrected chi connectivity index (χ3v) is 2.90. The van der Waals surface area contributed by atoms with Gasteiger partial charge in [0.15, 0.2) is 0 Å². The van der Waals surface area contributed by atoms with Crippen molar-refractivity contribution in [3.8, 4) is 0 Å². The predicted octanol–water partition coefficient (Wildman–Crippen LogP) is 3.18. The van der Waals surface area contributed by atoms with Crippen molar-refractivity contribution in [1.82, 2.24) is 10.3 Å². The minimum absolute atomic E-state index is 0.671. The summed E-state index contributed by atoms with van der Waals surface area (Å²) in [6.07, 6.45) is 10.1. The second-order valence-electron chi connectivity index (χ2n) is 4.30. The molecule has 0 saturated carbocycles.